The Balaban J connectivity index is 2.18. The minimum atomic E-state index is -0.126. The van der Waals surface area contributed by atoms with Gasteiger partial charge >= 0.3 is 0 Å². The molecule has 0 aliphatic carbocycles. The van der Waals surface area contributed by atoms with Gasteiger partial charge in [0.1, 0.15) is 12.4 Å². The Morgan fingerprint density at radius 1 is 1.37 bits per heavy atom. The summed E-state index contributed by atoms with van der Waals surface area (Å²) in [7, 11) is 0. The maximum Gasteiger partial charge on any atom is 0.130 e. The van der Waals surface area contributed by atoms with Crippen LogP contribution in [0.2, 0.25) is 5.02 Å². The molecule has 0 amide bonds. The van der Waals surface area contributed by atoms with Gasteiger partial charge in [0.05, 0.1) is 5.69 Å². The lowest BCUT2D eigenvalue weighted by Gasteiger charge is -2.14. The highest BCUT2D eigenvalue weighted by Crippen LogP contribution is 2.27. The van der Waals surface area contributed by atoms with Gasteiger partial charge in [0.2, 0.25) is 0 Å². The molecule has 2 aromatic rings. The largest absolute Gasteiger partial charge is 0.487 e. The number of halogens is 1. The average molecular weight is 277 g/mol. The van der Waals surface area contributed by atoms with E-state index in [9.17, 15) is 0 Å². The smallest absolute Gasteiger partial charge is 0.130 e. The fraction of sp³-hybridized carbons (Fsp3) is 0.267. The van der Waals surface area contributed by atoms with Gasteiger partial charge in [0.15, 0.2) is 0 Å². The maximum absolute atomic E-state index is 5.98. The number of ether oxygens (including phenoxy) is 1. The molecule has 0 saturated heterocycles. The van der Waals surface area contributed by atoms with Crippen LogP contribution >= 0.6 is 11.6 Å². The highest BCUT2D eigenvalue weighted by atomic mass is 35.5. The van der Waals surface area contributed by atoms with E-state index in [2.05, 4.69) is 4.98 Å². The number of hydrogen-bond donors (Lipinski definition) is 1. The van der Waals surface area contributed by atoms with Crippen molar-refractivity contribution in [2.24, 2.45) is 5.73 Å². The normalized spacial score (nSPS) is 12.2. The number of aromatic nitrogens is 1. The summed E-state index contributed by atoms with van der Waals surface area (Å²) < 4.78 is 5.82. The second kappa shape index (κ2) is 6.04. The third kappa shape index (κ3) is 3.46. The zero-order valence-electron chi connectivity index (χ0n) is 11.1. The zero-order chi connectivity index (χ0) is 13.8. The molecular weight excluding hydrogens is 260 g/mol. The fourth-order valence-corrected chi connectivity index (χ4v) is 2.00. The minimum Gasteiger partial charge on any atom is -0.487 e. The number of nitrogens with zero attached hydrogens (tertiary/aromatic N) is 1. The number of rotatable bonds is 4. The van der Waals surface area contributed by atoms with Crippen molar-refractivity contribution in [3.8, 4) is 5.75 Å². The first kappa shape index (κ1) is 13.8. The molecule has 1 aromatic carbocycles. The van der Waals surface area contributed by atoms with Crippen molar-refractivity contribution in [2.45, 2.75) is 26.5 Å². The van der Waals surface area contributed by atoms with E-state index in [-0.39, 0.29) is 6.04 Å². The Labute approximate surface area is 118 Å². The molecule has 0 bridgehead atoms. The van der Waals surface area contributed by atoms with Crippen LogP contribution in [0.1, 0.15) is 29.8 Å². The molecule has 19 heavy (non-hydrogen) atoms. The predicted molar refractivity (Wildman–Crippen MR) is 77.4 cm³/mol. The molecule has 0 aliphatic rings. The van der Waals surface area contributed by atoms with Crippen LogP contribution in [0.3, 0.4) is 0 Å². The van der Waals surface area contributed by atoms with Crippen LogP contribution in [0.15, 0.2) is 36.5 Å². The average Bonchev–Trinajstić information content (AvgIpc) is 2.38. The summed E-state index contributed by atoms with van der Waals surface area (Å²) >= 11 is 5.98. The fourth-order valence-electron chi connectivity index (χ4n) is 1.82. The molecule has 2 N–H and O–H groups in total. The van der Waals surface area contributed by atoms with Crippen LogP contribution in [0.25, 0.3) is 0 Å². The van der Waals surface area contributed by atoms with Gasteiger partial charge in [-0.05, 0) is 43.7 Å². The lowest BCUT2D eigenvalue weighted by atomic mass is 10.1. The molecule has 0 saturated carbocycles. The summed E-state index contributed by atoms with van der Waals surface area (Å²) in [6.45, 7) is 4.35. The van der Waals surface area contributed by atoms with Crippen LogP contribution in [-0.4, -0.2) is 4.98 Å². The predicted octanol–water partition coefficient (Wildman–Crippen LogP) is 3.64. The molecule has 1 heterocycles. The van der Waals surface area contributed by atoms with Gasteiger partial charge in [0, 0.05) is 22.8 Å². The van der Waals surface area contributed by atoms with Crippen LogP contribution in [0.4, 0.5) is 0 Å². The summed E-state index contributed by atoms with van der Waals surface area (Å²) in [5.74, 6) is 0.754. The third-order valence-corrected chi connectivity index (χ3v) is 3.18. The van der Waals surface area contributed by atoms with E-state index in [1.807, 2.05) is 38.1 Å². The van der Waals surface area contributed by atoms with Gasteiger partial charge in [-0.3, -0.25) is 4.98 Å². The van der Waals surface area contributed by atoms with E-state index >= 15 is 0 Å². The highest BCUT2D eigenvalue weighted by Gasteiger charge is 2.10. The molecule has 0 fully saturated rings. The van der Waals surface area contributed by atoms with Crippen molar-refractivity contribution in [3.05, 3.63) is 58.4 Å². The van der Waals surface area contributed by atoms with E-state index in [0.717, 1.165) is 22.6 Å². The summed E-state index contributed by atoms with van der Waals surface area (Å²) in [6, 6.07) is 9.29. The van der Waals surface area contributed by atoms with E-state index < -0.39 is 0 Å². The van der Waals surface area contributed by atoms with Crippen molar-refractivity contribution in [2.75, 3.05) is 0 Å². The second-order valence-corrected chi connectivity index (χ2v) is 4.96. The molecule has 3 nitrogen and oxygen atoms in total. The van der Waals surface area contributed by atoms with Gasteiger partial charge in [-0.1, -0.05) is 17.7 Å². The molecule has 0 aliphatic heterocycles. The minimum absolute atomic E-state index is 0.126. The highest BCUT2D eigenvalue weighted by molar-refractivity contribution is 6.30. The monoisotopic (exact) mass is 276 g/mol. The number of nitrogens with two attached hydrogens (primary N) is 1. The first-order valence-electron chi connectivity index (χ1n) is 6.16. The van der Waals surface area contributed by atoms with Crippen LogP contribution < -0.4 is 10.5 Å². The van der Waals surface area contributed by atoms with Gasteiger partial charge in [0.25, 0.3) is 0 Å². The summed E-state index contributed by atoms with van der Waals surface area (Å²) in [5.41, 5.74) is 8.87. The molecule has 1 aromatic heterocycles. The van der Waals surface area contributed by atoms with E-state index in [4.69, 9.17) is 22.1 Å². The van der Waals surface area contributed by atoms with Crippen LogP contribution in [-0.2, 0) is 6.61 Å². The third-order valence-electron chi connectivity index (χ3n) is 2.94. The summed E-state index contributed by atoms with van der Waals surface area (Å²) in [4.78, 5) is 4.30. The number of pyridine rings is 1. The summed E-state index contributed by atoms with van der Waals surface area (Å²) in [5, 5.41) is 0.661. The topological polar surface area (TPSA) is 48.1 Å². The summed E-state index contributed by atoms with van der Waals surface area (Å²) in [6.07, 6.45) is 1.76. The first-order valence-corrected chi connectivity index (χ1v) is 6.54. The quantitative estimate of drug-likeness (QED) is 0.927. The van der Waals surface area contributed by atoms with Crippen molar-refractivity contribution in [3.63, 3.8) is 0 Å². The SMILES string of the molecule is Cc1cccnc1COc1ccc(Cl)cc1C(C)N. The standard InChI is InChI=1S/C15H17ClN2O/c1-10-4-3-7-18-14(10)9-19-15-6-5-12(16)8-13(15)11(2)17/h3-8,11H,9,17H2,1-2H3. The Morgan fingerprint density at radius 2 is 2.16 bits per heavy atom. The zero-order valence-corrected chi connectivity index (χ0v) is 11.8. The van der Waals surface area contributed by atoms with Crippen molar-refractivity contribution >= 4 is 11.6 Å². The maximum atomic E-state index is 5.98. The molecule has 0 spiro atoms. The van der Waals surface area contributed by atoms with Crippen molar-refractivity contribution in [1.29, 1.82) is 0 Å². The number of benzene rings is 1. The Hall–Kier alpha value is -1.58. The molecule has 1 atom stereocenters. The molecular formula is C15H17ClN2O. The molecule has 2 rings (SSSR count). The number of hydrogen-bond acceptors (Lipinski definition) is 3. The van der Waals surface area contributed by atoms with E-state index in [0.29, 0.717) is 11.6 Å². The van der Waals surface area contributed by atoms with Gasteiger partial charge in [-0.15, -0.1) is 0 Å². The van der Waals surface area contributed by atoms with E-state index in [1.165, 1.54) is 0 Å². The lowest BCUT2D eigenvalue weighted by molar-refractivity contribution is 0.296. The van der Waals surface area contributed by atoms with E-state index in [1.54, 1.807) is 12.3 Å². The van der Waals surface area contributed by atoms with Gasteiger partial charge in [-0.2, -0.15) is 0 Å². The van der Waals surface area contributed by atoms with Gasteiger partial charge < -0.3 is 10.5 Å². The van der Waals surface area contributed by atoms with Crippen molar-refractivity contribution in [1.82, 2.24) is 4.98 Å². The van der Waals surface area contributed by atoms with Crippen LogP contribution in [0, 0.1) is 6.92 Å². The molecule has 0 radical (unpaired) electrons. The van der Waals surface area contributed by atoms with Gasteiger partial charge in [-0.25, -0.2) is 0 Å². The molecule has 100 valence electrons. The Kier molecular flexibility index (Phi) is 4.40. The van der Waals surface area contributed by atoms with Crippen molar-refractivity contribution < 1.29 is 4.74 Å². The Morgan fingerprint density at radius 3 is 2.84 bits per heavy atom. The number of aryl methyl sites for hydroxylation is 1. The second-order valence-electron chi connectivity index (χ2n) is 4.53. The first-order chi connectivity index (χ1) is 9.08. The lowest BCUT2D eigenvalue weighted by Crippen LogP contribution is -2.09. The molecule has 4 heteroatoms. The Bertz CT molecular complexity index is 570. The molecule has 1 unspecified atom stereocenters. The van der Waals surface area contributed by atoms with Crippen LogP contribution in [0.5, 0.6) is 5.75 Å².